The number of para-hydroxylation sites is 1. The lowest BCUT2D eigenvalue weighted by atomic mass is 10.0. The van der Waals surface area contributed by atoms with Gasteiger partial charge >= 0.3 is 0 Å². The smallest absolute Gasteiger partial charge is 0.261 e. The summed E-state index contributed by atoms with van der Waals surface area (Å²) in [7, 11) is -3.93. The molecule has 1 heterocycles. The summed E-state index contributed by atoms with van der Waals surface area (Å²) >= 11 is 0. The highest BCUT2D eigenvalue weighted by Crippen LogP contribution is 2.27. The van der Waals surface area contributed by atoms with Crippen molar-refractivity contribution in [2.24, 2.45) is 0 Å². The molecule has 0 bridgehead atoms. The number of hydrogen-bond acceptors (Lipinski definition) is 4. The first-order chi connectivity index (χ1) is 14.9. The number of anilines is 2. The molecule has 0 saturated carbocycles. The van der Waals surface area contributed by atoms with E-state index >= 15 is 0 Å². The first-order valence-corrected chi connectivity index (χ1v) is 11.3. The third kappa shape index (κ3) is 4.75. The molecule has 0 radical (unpaired) electrons. The standard InChI is InChI=1S/C23H21N3O4S/c27-22-13-10-17-14-18(11-12-20(17)25-22)31(29,30)26-21-9-5-4-8-19(21)23(28)24-15-16-6-2-1-3-7-16/h1-9,11-12,14,26H,10,13,15H2,(H,24,28)(H,25,27). The lowest BCUT2D eigenvalue weighted by Crippen LogP contribution is -2.25. The third-order valence-corrected chi connectivity index (χ3v) is 6.36. The number of carbonyl (C=O) groups excluding carboxylic acids is 2. The molecule has 4 rings (SSSR count). The van der Waals surface area contributed by atoms with E-state index in [1.54, 1.807) is 36.4 Å². The van der Waals surface area contributed by atoms with Crippen LogP contribution in [0.3, 0.4) is 0 Å². The summed E-state index contributed by atoms with van der Waals surface area (Å²) in [6.07, 6.45) is 0.789. The molecule has 3 N–H and O–H groups in total. The maximum atomic E-state index is 13.0. The monoisotopic (exact) mass is 435 g/mol. The van der Waals surface area contributed by atoms with Crippen molar-refractivity contribution in [3.63, 3.8) is 0 Å². The Morgan fingerprint density at radius 3 is 2.48 bits per heavy atom. The van der Waals surface area contributed by atoms with Gasteiger partial charge in [-0.1, -0.05) is 42.5 Å². The van der Waals surface area contributed by atoms with Gasteiger partial charge in [-0.3, -0.25) is 14.3 Å². The Morgan fingerprint density at radius 2 is 1.68 bits per heavy atom. The zero-order valence-corrected chi connectivity index (χ0v) is 17.4. The molecule has 0 unspecified atom stereocenters. The van der Waals surface area contributed by atoms with Gasteiger partial charge in [-0.25, -0.2) is 8.42 Å². The van der Waals surface area contributed by atoms with E-state index in [4.69, 9.17) is 0 Å². The van der Waals surface area contributed by atoms with Crippen LogP contribution in [0.25, 0.3) is 0 Å². The second-order valence-electron chi connectivity index (χ2n) is 7.19. The molecule has 3 aromatic rings. The van der Waals surface area contributed by atoms with E-state index in [1.165, 1.54) is 6.07 Å². The number of carbonyl (C=O) groups is 2. The van der Waals surface area contributed by atoms with Crippen molar-refractivity contribution in [2.75, 3.05) is 10.0 Å². The summed E-state index contributed by atoms with van der Waals surface area (Å²) in [5, 5.41) is 5.54. The summed E-state index contributed by atoms with van der Waals surface area (Å²) in [6.45, 7) is 0.331. The Balaban J connectivity index is 1.54. The highest BCUT2D eigenvalue weighted by molar-refractivity contribution is 7.92. The van der Waals surface area contributed by atoms with Gasteiger partial charge in [-0.2, -0.15) is 0 Å². The van der Waals surface area contributed by atoms with Crippen LogP contribution in [0.4, 0.5) is 11.4 Å². The third-order valence-electron chi connectivity index (χ3n) is 4.99. The van der Waals surface area contributed by atoms with Crippen LogP contribution < -0.4 is 15.4 Å². The van der Waals surface area contributed by atoms with Gasteiger partial charge < -0.3 is 10.6 Å². The van der Waals surface area contributed by atoms with Gasteiger partial charge in [0, 0.05) is 18.7 Å². The van der Waals surface area contributed by atoms with Gasteiger partial charge in [0.15, 0.2) is 0 Å². The molecule has 1 aliphatic rings. The average molecular weight is 436 g/mol. The SMILES string of the molecule is O=C1CCc2cc(S(=O)(=O)Nc3ccccc3C(=O)NCc3ccccc3)ccc2N1. The summed E-state index contributed by atoms with van der Waals surface area (Å²) in [5.41, 5.74) is 2.74. The van der Waals surface area contributed by atoms with Crippen LogP contribution in [-0.2, 0) is 27.8 Å². The minimum absolute atomic E-state index is 0.0712. The number of benzene rings is 3. The molecule has 0 aliphatic carbocycles. The number of hydrogen-bond donors (Lipinski definition) is 3. The van der Waals surface area contributed by atoms with Crippen molar-refractivity contribution in [1.82, 2.24) is 5.32 Å². The van der Waals surface area contributed by atoms with Gasteiger partial charge in [0.05, 0.1) is 16.1 Å². The molecule has 7 nitrogen and oxygen atoms in total. The van der Waals surface area contributed by atoms with Gasteiger partial charge in [0.1, 0.15) is 0 Å². The predicted octanol–water partition coefficient (Wildman–Crippen LogP) is 3.30. The number of sulfonamides is 1. The van der Waals surface area contributed by atoms with E-state index in [0.717, 1.165) is 11.1 Å². The number of rotatable bonds is 6. The van der Waals surface area contributed by atoms with Crippen LogP contribution in [-0.4, -0.2) is 20.2 Å². The first kappa shape index (κ1) is 20.6. The largest absolute Gasteiger partial charge is 0.348 e. The number of amides is 2. The van der Waals surface area contributed by atoms with Crippen molar-refractivity contribution in [3.05, 3.63) is 89.5 Å². The Kier molecular flexibility index (Phi) is 5.73. The first-order valence-electron chi connectivity index (χ1n) is 9.79. The molecular weight excluding hydrogens is 414 g/mol. The molecule has 158 valence electrons. The molecule has 1 aliphatic heterocycles. The van der Waals surface area contributed by atoms with E-state index in [9.17, 15) is 18.0 Å². The van der Waals surface area contributed by atoms with E-state index in [1.807, 2.05) is 30.3 Å². The lowest BCUT2D eigenvalue weighted by Gasteiger charge is -2.18. The number of nitrogens with one attached hydrogen (secondary N) is 3. The van der Waals surface area contributed by atoms with Gasteiger partial charge in [0.2, 0.25) is 5.91 Å². The highest BCUT2D eigenvalue weighted by atomic mass is 32.2. The van der Waals surface area contributed by atoms with Crippen LogP contribution >= 0.6 is 0 Å². The van der Waals surface area contributed by atoms with Crippen LogP contribution in [0.1, 0.15) is 27.9 Å². The molecule has 3 aromatic carbocycles. The quantitative estimate of drug-likeness (QED) is 0.553. The molecule has 31 heavy (non-hydrogen) atoms. The Hall–Kier alpha value is -3.65. The van der Waals surface area contributed by atoms with Crippen molar-refractivity contribution >= 4 is 33.2 Å². The molecule has 0 aromatic heterocycles. The minimum Gasteiger partial charge on any atom is -0.348 e. The maximum Gasteiger partial charge on any atom is 0.261 e. The molecule has 0 saturated heterocycles. The normalized spacial score (nSPS) is 13.1. The fourth-order valence-corrected chi connectivity index (χ4v) is 4.50. The summed E-state index contributed by atoms with van der Waals surface area (Å²) < 4.78 is 28.5. The van der Waals surface area contributed by atoms with Crippen molar-refractivity contribution in [3.8, 4) is 0 Å². The van der Waals surface area contributed by atoms with Crippen LogP contribution in [0.15, 0.2) is 77.7 Å². The van der Waals surface area contributed by atoms with Crippen molar-refractivity contribution in [1.29, 1.82) is 0 Å². The van der Waals surface area contributed by atoms with Crippen molar-refractivity contribution < 1.29 is 18.0 Å². The zero-order chi connectivity index (χ0) is 21.8. The number of aryl methyl sites for hydroxylation is 1. The maximum absolute atomic E-state index is 13.0. The fourth-order valence-electron chi connectivity index (χ4n) is 3.37. The summed E-state index contributed by atoms with van der Waals surface area (Å²) in [5.74, 6) is -0.466. The number of fused-ring (bicyclic) bond motifs is 1. The van der Waals surface area contributed by atoms with Crippen LogP contribution in [0.2, 0.25) is 0 Å². The molecule has 2 amide bonds. The van der Waals surface area contributed by atoms with E-state index in [0.29, 0.717) is 25.1 Å². The molecule has 8 heteroatoms. The van der Waals surface area contributed by atoms with Gasteiger partial charge in [-0.15, -0.1) is 0 Å². The second-order valence-corrected chi connectivity index (χ2v) is 8.87. The predicted molar refractivity (Wildman–Crippen MR) is 118 cm³/mol. The second kappa shape index (κ2) is 8.61. The lowest BCUT2D eigenvalue weighted by molar-refractivity contribution is -0.116. The Bertz CT molecular complexity index is 1240. The van der Waals surface area contributed by atoms with Gasteiger partial charge in [0.25, 0.3) is 15.9 Å². The highest BCUT2D eigenvalue weighted by Gasteiger charge is 2.22. The van der Waals surface area contributed by atoms with Gasteiger partial charge in [-0.05, 0) is 47.9 Å². The van der Waals surface area contributed by atoms with E-state index in [-0.39, 0.29) is 28.0 Å². The molecule has 0 fully saturated rings. The summed E-state index contributed by atoms with van der Waals surface area (Å²) in [6, 6.07) is 20.5. The topological polar surface area (TPSA) is 104 Å². The Labute approximate surface area is 180 Å². The van der Waals surface area contributed by atoms with E-state index < -0.39 is 10.0 Å². The zero-order valence-electron chi connectivity index (χ0n) is 16.6. The average Bonchev–Trinajstić information content (AvgIpc) is 2.78. The Morgan fingerprint density at radius 1 is 0.935 bits per heavy atom. The van der Waals surface area contributed by atoms with Crippen LogP contribution in [0.5, 0.6) is 0 Å². The summed E-state index contributed by atoms with van der Waals surface area (Å²) in [4.78, 5) is 24.3. The van der Waals surface area contributed by atoms with Crippen LogP contribution in [0, 0.1) is 0 Å². The molecule has 0 spiro atoms. The molecular formula is C23H21N3O4S. The minimum atomic E-state index is -3.93. The molecule has 0 atom stereocenters. The fraction of sp³-hybridized carbons (Fsp3) is 0.130. The van der Waals surface area contributed by atoms with E-state index in [2.05, 4.69) is 15.4 Å². The van der Waals surface area contributed by atoms with Crippen molar-refractivity contribution in [2.45, 2.75) is 24.3 Å².